The molecule has 0 fully saturated rings. The fourth-order valence-corrected chi connectivity index (χ4v) is 5.13. The molecule has 6 nitrogen and oxygen atoms in total. The number of allylic oxidation sites excluding steroid dienone is 2. The van der Waals surface area contributed by atoms with E-state index in [1.54, 1.807) is 12.2 Å². The molecule has 0 aromatic carbocycles. The number of rotatable bonds is 12. The summed E-state index contributed by atoms with van der Waals surface area (Å²) in [4.78, 5) is 23.0. The molecule has 0 saturated heterocycles. The number of carbonyl (C=O) groups is 2. The van der Waals surface area contributed by atoms with Crippen molar-refractivity contribution in [2.24, 2.45) is 0 Å². The van der Waals surface area contributed by atoms with Gasteiger partial charge in [-0.2, -0.15) is 0 Å². The molecule has 0 saturated carbocycles. The minimum atomic E-state index is -1.73. The average Bonchev–Trinajstić information content (AvgIpc) is 2.53. The van der Waals surface area contributed by atoms with Crippen molar-refractivity contribution in [3.63, 3.8) is 0 Å². The van der Waals surface area contributed by atoms with Gasteiger partial charge in [-0.3, -0.25) is 0 Å². The van der Waals surface area contributed by atoms with E-state index < -0.39 is 28.6 Å². The molecule has 26 heavy (non-hydrogen) atoms. The smallest absolute Gasteiger partial charge is 0.335 e. The summed E-state index contributed by atoms with van der Waals surface area (Å²) < 4.78 is 21.1. The van der Waals surface area contributed by atoms with Crippen LogP contribution in [0.3, 0.4) is 0 Å². The second-order valence-corrected chi connectivity index (χ2v) is 15.2. The van der Waals surface area contributed by atoms with Crippen molar-refractivity contribution in [2.75, 3.05) is 13.2 Å². The van der Waals surface area contributed by atoms with Crippen molar-refractivity contribution in [1.29, 1.82) is 0 Å². The minimum Gasteiger partial charge on any atom is -0.432 e. The summed E-state index contributed by atoms with van der Waals surface area (Å²) in [5, 5.41) is 0. The Kier molecular flexibility index (Phi) is 12.1. The van der Waals surface area contributed by atoms with Crippen LogP contribution in [0.2, 0.25) is 38.3 Å². The third-order valence-electron chi connectivity index (χ3n) is 3.21. The Bertz CT molecular complexity index is 478. The Labute approximate surface area is 159 Å². The lowest BCUT2D eigenvalue weighted by Gasteiger charge is -2.19. The van der Waals surface area contributed by atoms with Gasteiger partial charge in [0.25, 0.3) is 0 Å². The first-order valence-corrected chi connectivity index (χ1v) is 15.0. The average molecular weight is 401 g/mol. The predicted molar refractivity (Wildman–Crippen MR) is 107 cm³/mol. The molecule has 0 heterocycles. The lowest BCUT2D eigenvalue weighted by Crippen LogP contribution is -2.29. The van der Waals surface area contributed by atoms with Crippen LogP contribution < -0.4 is 0 Å². The maximum atomic E-state index is 11.5. The highest BCUT2D eigenvalue weighted by Gasteiger charge is 2.20. The van der Waals surface area contributed by atoms with Gasteiger partial charge in [-0.1, -0.05) is 0 Å². The van der Waals surface area contributed by atoms with Gasteiger partial charge in [0, 0.05) is 25.4 Å². The zero-order valence-corrected chi connectivity index (χ0v) is 18.7. The summed E-state index contributed by atoms with van der Waals surface area (Å²) in [6, 6.07) is 1.48. The molecule has 8 heteroatoms. The van der Waals surface area contributed by atoms with Gasteiger partial charge >= 0.3 is 11.9 Å². The zero-order valence-electron chi connectivity index (χ0n) is 16.7. The van der Waals surface area contributed by atoms with E-state index in [-0.39, 0.29) is 0 Å². The summed E-state index contributed by atoms with van der Waals surface area (Å²) in [6.45, 7) is 13.6. The summed E-state index contributed by atoms with van der Waals surface area (Å²) in [5.41, 5.74) is 0. The molecule has 0 radical (unpaired) electrons. The van der Waals surface area contributed by atoms with Gasteiger partial charge in [0.1, 0.15) is 0 Å². The lowest BCUT2D eigenvalue weighted by molar-refractivity contribution is -0.135. The van der Waals surface area contributed by atoms with Crippen molar-refractivity contribution < 1.29 is 27.9 Å². The Balaban J connectivity index is 4.14. The topological polar surface area (TPSA) is 71.1 Å². The fraction of sp³-hybridized carbons (Fsp3) is 0.556. The molecule has 0 aliphatic rings. The Hall–Kier alpha value is -1.49. The summed E-state index contributed by atoms with van der Waals surface area (Å²) in [7, 11) is -3.47. The van der Waals surface area contributed by atoms with Crippen molar-refractivity contribution in [3.8, 4) is 0 Å². The summed E-state index contributed by atoms with van der Waals surface area (Å²) in [6.07, 6.45) is 8.24. The normalized spacial score (nSPS) is 13.0. The van der Waals surface area contributed by atoms with E-state index in [9.17, 15) is 9.59 Å². The van der Waals surface area contributed by atoms with Crippen molar-refractivity contribution in [2.45, 2.75) is 52.1 Å². The van der Waals surface area contributed by atoms with Gasteiger partial charge in [-0.25, -0.2) is 9.59 Å². The van der Waals surface area contributed by atoms with E-state index in [0.717, 1.165) is 24.2 Å². The number of esters is 2. The van der Waals surface area contributed by atoms with Crippen LogP contribution in [0.1, 0.15) is 13.8 Å². The molecule has 0 aliphatic carbocycles. The Morgan fingerprint density at radius 3 is 1.38 bits per heavy atom. The Morgan fingerprint density at radius 1 is 0.731 bits per heavy atom. The molecule has 0 aromatic rings. The van der Waals surface area contributed by atoms with Crippen molar-refractivity contribution in [3.05, 3.63) is 36.8 Å². The van der Waals surface area contributed by atoms with Crippen LogP contribution in [0.4, 0.5) is 0 Å². The molecule has 0 bridgehead atoms. The van der Waals surface area contributed by atoms with Crippen molar-refractivity contribution in [1.82, 2.24) is 0 Å². The SMILES string of the molecule is CCO[Si](C)(C)CC=COC(=O)/C=C\C(=O)OC=CC[Si](C)(C)OCC. The summed E-state index contributed by atoms with van der Waals surface area (Å²) >= 11 is 0. The van der Waals surface area contributed by atoms with E-state index in [4.69, 9.17) is 18.3 Å². The Morgan fingerprint density at radius 2 is 1.08 bits per heavy atom. The van der Waals surface area contributed by atoms with E-state index in [1.165, 1.54) is 12.5 Å². The van der Waals surface area contributed by atoms with Crippen LogP contribution >= 0.6 is 0 Å². The van der Waals surface area contributed by atoms with Crippen LogP contribution in [-0.4, -0.2) is 41.8 Å². The molecule has 0 unspecified atom stereocenters. The first kappa shape index (κ1) is 24.5. The van der Waals surface area contributed by atoms with Gasteiger partial charge in [0.15, 0.2) is 16.6 Å². The molecule has 0 N–H and O–H groups in total. The summed E-state index contributed by atoms with van der Waals surface area (Å²) in [5.74, 6) is -1.27. The fourth-order valence-electron chi connectivity index (χ4n) is 2.01. The first-order valence-electron chi connectivity index (χ1n) is 8.79. The lowest BCUT2D eigenvalue weighted by atomic mass is 10.5. The molecule has 0 rings (SSSR count). The highest BCUT2D eigenvalue weighted by molar-refractivity contribution is 6.71. The van der Waals surface area contributed by atoms with Gasteiger partial charge in [-0.05, 0) is 64.3 Å². The van der Waals surface area contributed by atoms with Crippen molar-refractivity contribution >= 4 is 28.6 Å². The highest BCUT2D eigenvalue weighted by Crippen LogP contribution is 2.12. The number of hydrogen-bond acceptors (Lipinski definition) is 6. The molecule has 0 amide bonds. The van der Waals surface area contributed by atoms with Crippen LogP contribution in [0.25, 0.3) is 0 Å². The van der Waals surface area contributed by atoms with Gasteiger partial charge < -0.3 is 18.3 Å². The molecule has 0 aliphatic heterocycles. The van der Waals surface area contributed by atoms with Gasteiger partial charge in [0.05, 0.1) is 12.5 Å². The second kappa shape index (κ2) is 12.8. The second-order valence-electron chi connectivity index (χ2n) is 6.74. The third kappa shape index (κ3) is 13.8. The van der Waals surface area contributed by atoms with Gasteiger partial charge in [-0.15, -0.1) is 0 Å². The minimum absolute atomic E-state index is 0.636. The molecule has 0 aromatic heterocycles. The molecule has 0 atom stereocenters. The van der Waals surface area contributed by atoms with Crippen LogP contribution in [0.15, 0.2) is 36.8 Å². The number of ether oxygens (including phenoxy) is 2. The maximum Gasteiger partial charge on any atom is 0.335 e. The number of carbonyl (C=O) groups excluding carboxylic acids is 2. The first-order chi connectivity index (χ1) is 12.1. The van der Waals surface area contributed by atoms with Crippen LogP contribution in [-0.2, 0) is 27.9 Å². The van der Waals surface area contributed by atoms with Crippen LogP contribution in [0, 0.1) is 0 Å². The predicted octanol–water partition coefficient (Wildman–Crippen LogP) is 4.14. The van der Waals surface area contributed by atoms with E-state index in [1.807, 2.05) is 13.8 Å². The third-order valence-corrected chi connectivity index (χ3v) is 7.78. The largest absolute Gasteiger partial charge is 0.432 e. The highest BCUT2D eigenvalue weighted by atomic mass is 28.4. The standard InChI is InChI=1S/C18H32O6Si2/c1-7-23-25(3,4)15-9-13-21-17(19)11-12-18(20)22-14-10-16-26(5,6)24-8-2/h9-14H,7-8,15-16H2,1-6H3/b12-11-,13-9?,14-10?. The zero-order chi connectivity index (χ0) is 20.1. The molecule has 0 spiro atoms. The number of hydrogen-bond donors (Lipinski definition) is 0. The van der Waals surface area contributed by atoms with Gasteiger partial charge in [0.2, 0.25) is 0 Å². The quantitative estimate of drug-likeness (QED) is 0.212. The van der Waals surface area contributed by atoms with Crippen LogP contribution in [0.5, 0.6) is 0 Å². The molecular formula is C18H32O6Si2. The molecule has 148 valence electrons. The van der Waals surface area contributed by atoms with E-state index in [0.29, 0.717) is 13.2 Å². The van der Waals surface area contributed by atoms with E-state index in [2.05, 4.69) is 26.2 Å². The monoisotopic (exact) mass is 400 g/mol. The van der Waals surface area contributed by atoms with E-state index >= 15 is 0 Å². The molecular weight excluding hydrogens is 368 g/mol. The maximum absolute atomic E-state index is 11.5.